The molecule has 0 aliphatic heterocycles. The first-order chi connectivity index (χ1) is 7.83. The summed E-state index contributed by atoms with van der Waals surface area (Å²) in [6, 6.07) is 5.98. The molecule has 0 saturated carbocycles. The highest BCUT2D eigenvalue weighted by atomic mass is 16.1. The van der Waals surface area contributed by atoms with Crippen LogP contribution in [0.4, 0.5) is 0 Å². The van der Waals surface area contributed by atoms with E-state index in [2.05, 4.69) is 21.6 Å². The standard InChI is InChI=1S/C11H10N4O/c16-11-4-2-8-5-10(3-1-9(8)6-11)15-7-12-13-14-15/h1,3,5,7H,2,4,6H2. The van der Waals surface area contributed by atoms with Crippen molar-refractivity contribution in [3.63, 3.8) is 0 Å². The SMILES string of the molecule is O=C1CCc2cc(-n3cnnn3)ccc2C1. The normalized spacial score (nSPS) is 14.9. The fraction of sp³-hybridized carbons (Fsp3) is 0.273. The van der Waals surface area contributed by atoms with Crippen LogP contribution in [0.1, 0.15) is 17.5 Å². The molecule has 1 aromatic carbocycles. The van der Waals surface area contributed by atoms with Crippen LogP contribution in [-0.4, -0.2) is 26.0 Å². The zero-order valence-corrected chi connectivity index (χ0v) is 8.63. The largest absolute Gasteiger partial charge is 0.299 e. The molecule has 0 radical (unpaired) electrons. The van der Waals surface area contributed by atoms with Crippen molar-refractivity contribution < 1.29 is 4.79 Å². The Hall–Kier alpha value is -2.04. The number of hydrogen-bond acceptors (Lipinski definition) is 4. The summed E-state index contributed by atoms with van der Waals surface area (Å²) in [6.45, 7) is 0. The molecule has 0 spiro atoms. The Bertz CT molecular complexity index is 533. The van der Waals surface area contributed by atoms with Gasteiger partial charge in [0.25, 0.3) is 0 Å². The number of tetrazole rings is 1. The van der Waals surface area contributed by atoms with Gasteiger partial charge in [-0.15, -0.1) is 5.10 Å². The molecule has 80 valence electrons. The number of benzene rings is 1. The minimum atomic E-state index is 0.322. The van der Waals surface area contributed by atoms with E-state index in [1.807, 2.05) is 12.1 Å². The van der Waals surface area contributed by atoms with Crippen molar-refractivity contribution in [3.8, 4) is 5.69 Å². The minimum Gasteiger partial charge on any atom is -0.299 e. The lowest BCUT2D eigenvalue weighted by atomic mass is 9.90. The van der Waals surface area contributed by atoms with Crippen molar-refractivity contribution in [1.29, 1.82) is 0 Å². The van der Waals surface area contributed by atoms with Gasteiger partial charge in [0, 0.05) is 12.8 Å². The lowest BCUT2D eigenvalue weighted by molar-refractivity contribution is -0.118. The Labute approximate surface area is 92.1 Å². The van der Waals surface area contributed by atoms with E-state index in [9.17, 15) is 4.79 Å². The summed E-state index contributed by atoms with van der Waals surface area (Å²) in [7, 11) is 0. The average Bonchev–Trinajstić information content (AvgIpc) is 2.82. The Kier molecular flexibility index (Phi) is 2.02. The first kappa shape index (κ1) is 9.21. The molecule has 5 nitrogen and oxygen atoms in total. The maximum atomic E-state index is 11.3. The first-order valence-corrected chi connectivity index (χ1v) is 5.20. The summed E-state index contributed by atoms with van der Waals surface area (Å²) in [5.74, 6) is 0.322. The maximum Gasteiger partial charge on any atom is 0.143 e. The molecule has 2 aromatic rings. The van der Waals surface area contributed by atoms with Gasteiger partial charge in [0.1, 0.15) is 12.1 Å². The lowest BCUT2D eigenvalue weighted by Gasteiger charge is -2.15. The van der Waals surface area contributed by atoms with Crippen LogP contribution in [0.3, 0.4) is 0 Å². The van der Waals surface area contributed by atoms with Crippen molar-refractivity contribution >= 4 is 5.78 Å². The number of hydrogen-bond donors (Lipinski definition) is 0. The third-order valence-electron chi connectivity index (χ3n) is 2.86. The van der Waals surface area contributed by atoms with E-state index in [4.69, 9.17) is 0 Å². The summed E-state index contributed by atoms with van der Waals surface area (Å²) in [6.07, 6.45) is 3.59. The number of rotatable bonds is 1. The molecule has 16 heavy (non-hydrogen) atoms. The summed E-state index contributed by atoms with van der Waals surface area (Å²) >= 11 is 0. The summed E-state index contributed by atoms with van der Waals surface area (Å²) in [5, 5.41) is 11.0. The molecule has 0 unspecified atom stereocenters. The second-order valence-corrected chi connectivity index (χ2v) is 3.92. The van der Waals surface area contributed by atoms with E-state index in [0.717, 1.165) is 17.7 Å². The van der Waals surface area contributed by atoms with Gasteiger partial charge in [-0.2, -0.15) is 0 Å². The molecule has 1 aliphatic carbocycles. The molecule has 0 saturated heterocycles. The van der Waals surface area contributed by atoms with Gasteiger partial charge in [0.05, 0.1) is 5.69 Å². The Balaban J connectivity index is 2.03. The molecular formula is C11H10N4O. The van der Waals surface area contributed by atoms with Crippen LogP contribution in [0.5, 0.6) is 0 Å². The molecule has 3 rings (SSSR count). The van der Waals surface area contributed by atoms with E-state index in [0.29, 0.717) is 18.6 Å². The van der Waals surface area contributed by atoms with Crippen molar-refractivity contribution in [3.05, 3.63) is 35.7 Å². The van der Waals surface area contributed by atoms with Gasteiger partial charge in [-0.25, -0.2) is 4.68 Å². The van der Waals surface area contributed by atoms with Crippen LogP contribution in [0.2, 0.25) is 0 Å². The van der Waals surface area contributed by atoms with E-state index < -0.39 is 0 Å². The van der Waals surface area contributed by atoms with E-state index in [-0.39, 0.29) is 0 Å². The monoisotopic (exact) mass is 214 g/mol. The smallest absolute Gasteiger partial charge is 0.143 e. The highest BCUT2D eigenvalue weighted by Gasteiger charge is 2.15. The average molecular weight is 214 g/mol. The van der Waals surface area contributed by atoms with E-state index in [1.165, 1.54) is 5.56 Å². The predicted molar refractivity (Wildman–Crippen MR) is 56.2 cm³/mol. The summed E-state index contributed by atoms with van der Waals surface area (Å²) in [4.78, 5) is 11.3. The Morgan fingerprint density at radius 3 is 2.94 bits per heavy atom. The van der Waals surface area contributed by atoms with Crippen molar-refractivity contribution in [2.45, 2.75) is 19.3 Å². The van der Waals surface area contributed by atoms with Gasteiger partial charge in [-0.1, -0.05) is 6.07 Å². The van der Waals surface area contributed by atoms with Gasteiger partial charge in [0.15, 0.2) is 0 Å². The molecular weight excluding hydrogens is 204 g/mol. The van der Waals surface area contributed by atoms with Gasteiger partial charge >= 0.3 is 0 Å². The third-order valence-corrected chi connectivity index (χ3v) is 2.86. The van der Waals surface area contributed by atoms with Crippen LogP contribution >= 0.6 is 0 Å². The van der Waals surface area contributed by atoms with Crippen molar-refractivity contribution in [2.75, 3.05) is 0 Å². The highest BCUT2D eigenvalue weighted by molar-refractivity contribution is 5.83. The first-order valence-electron chi connectivity index (χ1n) is 5.20. The Morgan fingerprint density at radius 1 is 1.19 bits per heavy atom. The van der Waals surface area contributed by atoms with Gasteiger partial charge in [-0.3, -0.25) is 4.79 Å². The summed E-state index contributed by atoms with van der Waals surface area (Å²) in [5.41, 5.74) is 3.30. The van der Waals surface area contributed by atoms with Crippen molar-refractivity contribution in [2.24, 2.45) is 0 Å². The number of carbonyl (C=O) groups is 1. The summed E-state index contributed by atoms with van der Waals surface area (Å²) < 4.78 is 1.62. The number of fused-ring (bicyclic) bond motifs is 1. The van der Waals surface area contributed by atoms with E-state index >= 15 is 0 Å². The van der Waals surface area contributed by atoms with Crippen LogP contribution in [-0.2, 0) is 17.6 Å². The highest BCUT2D eigenvalue weighted by Crippen LogP contribution is 2.21. The number of Topliss-reactive ketones (excluding diaryl/α,β-unsaturated/α-hetero) is 1. The fourth-order valence-electron chi connectivity index (χ4n) is 2.01. The van der Waals surface area contributed by atoms with Gasteiger partial charge in [-0.05, 0) is 40.1 Å². The van der Waals surface area contributed by atoms with Crippen LogP contribution < -0.4 is 0 Å². The van der Waals surface area contributed by atoms with Crippen LogP contribution in [0.25, 0.3) is 5.69 Å². The number of aromatic nitrogens is 4. The quantitative estimate of drug-likeness (QED) is 0.701. The van der Waals surface area contributed by atoms with Crippen LogP contribution in [0.15, 0.2) is 24.5 Å². The number of aryl methyl sites for hydroxylation is 1. The van der Waals surface area contributed by atoms with Crippen LogP contribution in [0, 0.1) is 0 Å². The molecule has 5 heteroatoms. The zero-order chi connectivity index (χ0) is 11.0. The number of nitrogens with zero attached hydrogens (tertiary/aromatic N) is 4. The maximum absolute atomic E-state index is 11.3. The molecule has 0 fully saturated rings. The molecule has 0 N–H and O–H groups in total. The minimum absolute atomic E-state index is 0.322. The molecule has 0 atom stereocenters. The topological polar surface area (TPSA) is 60.7 Å². The van der Waals surface area contributed by atoms with Gasteiger partial charge < -0.3 is 0 Å². The Morgan fingerprint density at radius 2 is 2.12 bits per heavy atom. The second kappa shape index (κ2) is 3.52. The second-order valence-electron chi connectivity index (χ2n) is 3.92. The molecule has 1 aliphatic rings. The lowest BCUT2D eigenvalue weighted by Crippen LogP contribution is -2.13. The molecule has 1 heterocycles. The molecule has 0 bridgehead atoms. The predicted octanol–water partition coefficient (Wildman–Crippen LogP) is 0.720. The number of carbonyl (C=O) groups excluding carboxylic acids is 1. The van der Waals surface area contributed by atoms with Crippen molar-refractivity contribution in [1.82, 2.24) is 20.2 Å². The van der Waals surface area contributed by atoms with Gasteiger partial charge in [0.2, 0.25) is 0 Å². The number of ketones is 1. The molecule has 0 amide bonds. The molecule has 1 aromatic heterocycles. The fourth-order valence-corrected chi connectivity index (χ4v) is 2.01. The third kappa shape index (κ3) is 1.50. The zero-order valence-electron chi connectivity index (χ0n) is 8.63. The van der Waals surface area contributed by atoms with E-state index in [1.54, 1.807) is 11.0 Å².